The van der Waals surface area contributed by atoms with Gasteiger partial charge in [-0.05, 0) is 24.3 Å². The number of carbonyl (C=O) groups is 1. The molecular weight excluding hydrogens is 260 g/mol. The Labute approximate surface area is 113 Å². The van der Waals surface area contributed by atoms with Crippen molar-refractivity contribution in [2.45, 2.75) is 0 Å². The minimum absolute atomic E-state index is 0.155. The van der Waals surface area contributed by atoms with Crippen LogP contribution in [0.5, 0.6) is 5.75 Å². The number of carboxylic acids is 1. The molecule has 0 radical (unpaired) electrons. The summed E-state index contributed by atoms with van der Waals surface area (Å²) in [7, 11) is 1.53. The molecule has 0 fully saturated rings. The zero-order chi connectivity index (χ0) is 14.1. The highest BCUT2D eigenvalue weighted by Crippen LogP contribution is 2.30. The second-order valence-electron chi connectivity index (χ2n) is 4.08. The Morgan fingerprint density at radius 1 is 1.35 bits per heavy atom. The Morgan fingerprint density at radius 3 is 2.95 bits per heavy atom. The summed E-state index contributed by atoms with van der Waals surface area (Å²) in [4.78, 5) is 19.2. The molecule has 20 heavy (non-hydrogen) atoms. The fourth-order valence-corrected chi connectivity index (χ4v) is 1.89. The predicted molar refractivity (Wildman–Crippen MR) is 70.8 cm³/mol. The van der Waals surface area contributed by atoms with Crippen LogP contribution in [0.4, 0.5) is 0 Å². The van der Waals surface area contributed by atoms with Crippen molar-refractivity contribution in [3.8, 4) is 17.2 Å². The first-order valence-electron chi connectivity index (χ1n) is 5.81. The highest BCUT2D eigenvalue weighted by Gasteiger charge is 2.14. The molecular formula is C14H10N2O4. The standard InChI is InChI=1S/C14H10N2O4/c1-19-12-7-15-5-4-9(12)13-16-10-3-2-8(14(17)18)6-11(10)20-13/h2-7H,1H3,(H,17,18). The van der Waals surface area contributed by atoms with Crippen molar-refractivity contribution in [1.82, 2.24) is 9.97 Å². The molecule has 1 aromatic carbocycles. The number of fused-ring (bicyclic) bond motifs is 1. The monoisotopic (exact) mass is 270 g/mol. The van der Waals surface area contributed by atoms with Crippen LogP contribution in [-0.2, 0) is 0 Å². The molecule has 3 aromatic rings. The lowest BCUT2D eigenvalue weighted by atomic mass is 10.2. The molecule has 100 valence electrons. The number of nitrogens with zero attached hydrogens (tertiary/aromatic N) is 2. The van der Waals surface area contributed by atoms with Crippen LogP contribution >= 0.6 is 0 Å². The van der Waals surface area contributed by atoms with Crippen molar-refractivity contribution in [1.29, 1.82) is 0 Å². The van der Waals surface area contributed by atoms with Gasteiger partial charge in [0.2, 0.25) is 5.89 Å². The number of pyridine rings is 1. The average Bonchev–Trinajstić information content (AvgIpc) is 2.89. The lowest BCUT2D eigenvalue weighted by Crippen LogP contribution is -1.94. The van der Waals surface area contributed by atoms with E-state index in [0.717, 1.165) is 0 Å². The second-order valence-corrected chi connectivity index (χ2v) is 4.08. The summed E-state index contributed by atoms with van der Waals surface area (Å²) >= 11 is 0. The van der Waals surface area contributed by atoms with E-state index in [2.05, 4.69) is 9.97 Å². The molecule has 2 aromatic heterocycles. The van der Waals surface area contributed by atoms with E-state index in [0.29, 0.717) is 28.3 Å². The van der Waals surface area contributed by atoms with Gasteiger partial charge in [0.25, 0.3) is 0 Å². The van der Waals surface area contributed by atoms with Gasteiger partial charge in [-0.15, -0.1) is 0 Å². The van der Waals surface area contributed by atoms with Crippen molar-refractivity contribution >= 4 is 17.1 Å². The molecule has 0 spiro atoms. The van der Waals surface area contributed by atoms with Crippen LogP contribution in [-0.4, -0.2) is 28.2 Å². The zero-order valence-corrected chi connectivity index (χ0v) is 10.5. The first-order chi connectivity index (χ1) is 9.69. The molecule has 0 amide bonds. The Kier molecular flexibility index (Phi) is 2.83. The maximum atomic E-state index is 10.9. The van der Waals surface area contributed by atoms with Crippen LogP contribution < -0.4 is 4.74 Å². The van der Waals surface area contributed by atoms with Gasteiger partial charge >= 0.3 is 5.97 Å². The summed E-state index contributed by atoms with van der Waals surface area (Å²) in [6, 6.07) is 6.27. The minimum Gasteiger partial charge on any atom is -0.494 e. The minimum atomic E-state index is -1.01. The summed E-state index contributed by atoms with van der Waals surface area (Å²) in [5, 5.41) is 8.96. The van der Waals surface area contributed by atoms with Gasteiger partial charge in [-0.1, -0.05) is 0 Å². The summed E-state index contributed by atoms with van der Waals surface area (Å²) in [5.41, 5.74) is 1.82. The largest absolute Gasteiger partial charge is 0.494 e. The Hall–Kier alpha value is -2.89. The van der Waals surface area contributed by atoms with Crippen LogP contribution in [0, 0.1) is 0 Å². The molecule has 0 bridgehead atoms. The first-order valence-corrected chi connectivity index (χ1v) is 5.81. The number of hydrogen-bond acceptors (Lipinski definition) is 5. The highest BCUT2D eigenvalue weighted by molar-refractivity contribution is 5.92. The van der Waals surface area contributed by atoms with E-state index in [-0.39, 0.29) is 5.56 Å². The SMILES string of the molecule is COc1cnccc1-c1nc2ccc(C(=O)O)cc2o1. The number of aromatic nitrogens is 2. The summed E-state index contributed by atoms with van der Waals surface area (Å²) in [6.07, 6.45) is 3.17. The van der Waals surface area contributed by atoms with Crippen LogP contribution in [0.15, 0.2) is 41.1 Å². The van der Waals surface area contributed by atoms with Crippen LogP contribution in [0.1, 0.15) is 10.4 Å². The number of carboxylic acid groups (broad SMARTS) is 1. The topological polar surface area (TPSA) is 85.5 Å². The van der Waals surface area contributed by atoms with Crippen molar-refractivity contribution < 1.29 is 19.1 Å². The van der Waals surface area contributed by atoms with Gasteiger partial charge in [-0.3, -0.25) is 4.98 Å². The Balaban J connectivity index is 2.15. The van der Waals surface area contributed by atoms with Gasteiger partial charge in [-0.25, -0.2) is 9.78 Å². The number of methoxy groups -OCH3 is 1. The number of ether oxygens (including phenoxy) is 1. The molecule has 1 N–H and O–H groups in total. The normalized spacial score (nSPS) is 10.7. The Morgan fingerprint density at radius 2 is 2.20 bits per heavy atom. The van der Waals surface area contributed by atoms with E-state index in [4.69, 9.17) is 14.3 Å². The van der Waals surface area contributed by atoms with Crippen molar-refractivity contribution in [2.75, 3.05) is 7.11 Å². The molecule has 0 saturated carbocycles. The molecule has 2 heterocycles. The molecule has 6 nitrogen and oxygen atoms in total. The van der Waals surface area contributed by atoms with Gasteiger partial charge in [0.05, 0.1) is 24.4 Å². The van der Waals surface area contributed by atoms with E-state index in [9.17, 15) is 4.79 Å². The van der Waals surface area contributed by atoms with Gasteiger partial charge < -0.3 is 14.3 Å². The van der Waals surface area contributed by atoms with Gasteiger partial charge in [0, 0.05) is 6.20 Å². The maximum Gasteiger partial charge on any atom is 0.335 e. The number of benzene rings is 1. The van der Waals surface area contributed by atoms with E-state index in [1.165, 1.54) is 19.2 Å². The molecule has 0 aliphatic carbocycles. The zero-order valence-electron chi connectivity index (χ0n) is 10.5. The molecule has 0 aliphatic rings. The van der Waals surface area contributed by atoms with E-state index >= 15 is 0 Å². The van der Waals surface area contributed by atoms with Gasteiger partial charge in [-0.2, -0.15) is 0 Å². The van der Waals surface area contributed by atoms with Crippen molar-refractivity contribution in [3.05, 3.63) is 42.2 Å². The fraction of sp³-hybridized carbons (Fsp3) is 0.0714. The Bertz CT molecular complexity index is 795. The number of hydrogen-bond donors (Lipinski definition) is 1. The lowest BCUT2D eigenvalue weighted by molar-refractivity contribution is 0.0697. The van der Waals surface area contributed by atoms with Crippen molar-refractivity contribution in [3.63, 3.8) is 0 Å². The van der Waals surface area contributed by atoms with Crippen LogP contribution in [0.2, 0.25) is 0 Å². The van der Waals surface area contributed by atoms with Crippen molar-refractivity contribution in [2.24, 2.45) is 0 Å². The number of aromatic carboxylic acids is 1. The third-order valence-corrected chi connectivity index (χ3v) is 2.87. The quantitative estimate of drug-likeness (QED) is 0.787. The number of oxazole rings is 1. The van der Waals surface area contributed by atoms with E-state index < -0.39 is 5.97 Å². The molecule has 3 rings (SSSR count). The predicted octanol–water partition coefficient (Wildman–Crippen LogP) is 2.60. The average molecular weight is 270 g/mol. The fourth-order valence-electron chi connectivity index (χ4n) is 1.89. The van der Waals surface area contributed by atoms with E-state index in [1.54, 1.807) is 24.5 Å². The molecule has 0 unspecified atom stereocenters. The highest BCUT2D eigenvalue weighted by atomic mass is 16.5. The summed E-state index contributed by atoms with van der Waals surface area (Å²) in [5.74, 6) is -0.106. The van der Waals surface area contributed by atoms with Crippen LogP contribution in [0.25, 0.3) is 22.6 Å². The molecule has 0 atom stereocenters. The molecule has 0 aliphatic heterocycles. The van der Waals surface area contributed by atoms with Gasteiger partial charge in [0.15, 0.2) is 5.58 Å². The number of rotatable bonds is 3. The molecule has 0 saturated heterocycles. The third kappa shape index (κ3) is 1.97. The summed E-state index contributed by atoms with van der Waals surface area (Å²) in [6.45, 7) is 0. The maximum absolute atomic E-state index is 10.9. The van der Waals surface area contributed by atoms with Gasteiger partial charge in [0.1, 0.15) is 11.3 Å². The molecule has 6 heteroatoms. The smallest absolute Gasteiger partial charge is 0.335 e. The first kappa shape index (κ1) is 12.2. The lowest BCUT2D eigenvalue weighted by Gasteiger charge is -2.02. The van der Waals surface area contributed by atoms with E-state index in [1.807, 2.05) is 0 Å². The second kappa shape index (κ2) is 4.65. The third-order valence-electron chi connectivity index (χ3n) is 2.87. The van der Waals surface area contributed by atoms with Crippen LogP contribution in [0.3, 0.4) is 0 Å². The summed E-state index contributed by atoms with van der Waals surface area (Å²) < 4.78 is 10.8.